The van der Waals surface area contributed by atoms with Crippen LogP contribution in [0.15, 0.2) is 53.4 Å². The molecule has 1 fully saturated rings. The Morgan fingerprint density at radius 3 is 2.21 bits per heavy atom. The first kappa shape index (κ1) is 20.8. The number of nitrogens with zero attached hydrogens (tertiary/aromatic N) is 2. The van der Waals surface area contributed by atoms with E-state index in [1.54, 1.807) is 43.4 Å². The number of amides is 1. The van der Waals surface area contributed by atoms with E-state index in [4.69, 9.17) is 11.6 Å². The van der Waals surface area contributed by atoms with Gasteiger partial charge >= 0.3 is 0 Å². The van der Waals surface area contributed by atoms with Crippen LogP contribution in [-0.2, 0) is 10.0 Å². The third-order valence-electron chi connectivity index (χ3n) is 5.10. The van der Waals surface area contributed by atoms with Crippen LogP contribution in [0.25, 0.3) is 0 Å². The lowest BCUT2D eigenvalue weighted by Gasteiger charge is -2.34. The Kier molecular flexibility index (Phi) is 6.40. The average Bonchev–Trinajstić information content (AvgIpc) is 2.69. The highest BCUT2D eigenvalue weighted by Gasteiger charge is 2.30. The molecule has 1 aliphatic rings. The van der Waals surface area contributed by atoms with E-state index in [0.29, 0.717) is 16.3 Å². The summed E-state index contributed by atoms with van der Waals surface area (Å²) in [6.45, 7) is 1.78. The van der Waals surface area contributed by atoms with Gasteiger partial charge in [0.05, 0.1) is 4.90 Å². The third kappa shape index (κ3) is 4.72. The summed E-state index contributed by atoms with van der Waals surface area (Å²) in [6, 6.07) is 12.8. The maximum Gasteiger partial charge on any atom is 0.255 e. The molecule has 0 atom stereocenters. The number of piperidine rings is 1. The van der Waals surface area contributed by atoms with Crippen molar-refractivity contribution in [1.29, 1.82) is 0 Å². The van der Waals surface area contributed by atoms with Gasteiger partial charge in [0.1, 0.15) is 0 Å². The standard InChI is InChI=1S/C20H24ClN3O3S/c1-23-13-11-18(12-14-23)24(2)28(26,27)19-9-7-17(8-10-19)22-20(25)15-3-5-16(21)6-4-15/h3-10,18H,11-14H2,1-2H3,(H,22,25). The molecule has 1 saturated heterocycles. The first-order valence-corrected chi connectivity index (χ1v) is 10.9. The summed E-state index contributed by atoms with van der Waals surface area (Å²) in [5.41, 5.74) is 1.00. The summed E-state index contributed by atoms with van der Waals surface area (Å²) in [4.78, 5) is 14.7. The highest BCUT2D eigenvalue weighted by atomic mass is 35.5. The molecule has 0 radical (unpaired) electrons. The summed E-state index contributed by atoms with van der Waals surface area (Å²) in [5, 5.41) is 3.31. The predicted octanol–water partition coefficient (Wildman–Crippen LogP) is 3.31. The lowest BCUT2D eigenvalue weighted by molar-refractivity contribution is 0.102. The molecule has 3 rings (SSSR count). The minimum Gasteiger partial charge on any atom is -0.322 e. The van der Waals surface area contributed by atoms with Crippen molar-refractivity contribution in [2.24, 2.45) is 0 Å². The van der Waals surface area contributed by atoms with Gasteiger partial charge in [0.2, 0.25) is 10.0 Å². The van der Waals surface area contributed by atoms with Gasteiger partial charge in [-0.1, -0.05) is 11.6 Å². The summed E-state index contributed by atoms with van der Waals surface area (Å²) < 4.78 is 27.3. The van der Waals surface area contributed by atoms with Crippen LogP contribution in [0.3, 0.4) is 0 Å². The van der Waals surface area contributed by atoms with Crippen LogP contribution in [0, 0.1) is 0 Å². The van der Waals surface area contributed by atoms with Crippen molar-refractivity contribution in [2.45, 2.75) is 23.8 Å². The van der Waals surface area contributed by atoms with E-state index >= 15 is 0 Å². The molecule has 1 heterocycles. The van der Waals surface area contributed by atoms with Crippen molar-refractivity contribution in [3.05, 3.63) is 59.1 Å². The van der Waals surface area contributed by atoms with Gasteiger partial charge in [0.15, 0.2) is 0 Å². The van der Waals surface area contributed by atoms with E-state index in [9.17, 15) is 13.2 Å². The normalized spacial score (nSPS) is 16.3. The molecule has 1 aliphatic heterocycles. The van der Waals surface area contributed by atoms with Crippen molar-refractivity contribution in [1.82, 2.24) is 9.21 Å². The smallest absolute Gasteiger partial charge is 0.255 e. The summed E-state index contributed by atoms with van der Waals surface area (Å²) >= 11 is 5.83. The molecule has 2 aromatic rings. The van der Waals surface area contributed by atoms with Crippen molar-refractivity contribution >= 4 is 33.2 Å². The van der Waals surface area contributed by atoms with Crippen LogP contribution >= 0.6 is 11.6 Å². The lowest BCUT2D eigenvalue weighted by atomic mass is 10.1. The van der Waals surface area contributed by atoms with Crippen LogP contribution < -0.4 is 5.32 Å². The Bertz CT molecular complexity index is 922. The quantitative estimate of drug-likeness (QED) is 0.804. The zero-order valence-corrected chi connectivity index (χ0v) is 17.5. The number of halogens is 1. The van der Waals surface area contributed by atoms with Gasteiger partial charge in [-0.15, -0.1) is 0 Å². The van der Waals surface area contributed by atoms with Crippen molar-refractivity contribution in [3.8, 4) is 0 Å². The summed E-state index contributed by atoms with van der Waals surface area (Å²) in [6.07, 6.45) is 1.64. The number of nitrogens with one attached hydrogen (secondary N) is 1. The van der Waals surface area contributed by atoms with E-state index < -0.39 is 10.0 Å². The molecule has 1 N–H and O–H groups in total. The molecule has 0 spiro atoms. The molecule has 150 valence electrons. The summed E-state index contributed by atoms with van der Waals surface area (Å²) in [5.74, 6) is -0.282. The molecule has 1 amide bonds. The minimum atomic E-state index is -3.57. The van der Waals surface area contributed by atoms with Gasteiger partial charge in [-0.3, -0.25) is 4.79 Å². The Hall–Kier alpha value is -1.93. The second-order valence-corrected chi connectivity index (χ2v) is 9.48. The zero-order valence-electron chi connectivity index (χ0n) is 15.9. The topological polar surface area (TPSA) is 69.7 Å². The first-order valence-electron chi connectivity index (χ1n) is 9.11. The number of sulfonamides is 1. The van der Waals surface area contributed by atoms with Crippen LogP contribution in [0.4, 0.5) is 5.69 Å². The van der Waals surface area contributed by atoms with E-state index in [1.807, 2.05) is 7.05 Å². The molecule has 0 aliphatic carbocycles. The number of hydrogen-bond donors (Lipinski definition) is 1. The molecular weight excluding hydrogens is 398 g/mol. The van der Waals surface area contributed by atoms with Gasteiger partial charge in [-0.05, 0) is 81.5 Å². The molecule has 28 heavy (non-hydrogen) atoms. The van der Waals surface area contributed by atoms with Crippen LogP contribution in [0.2, 0.25) is 5.02 Å². The lowest BCUT2D eigenvalue weighted by Crippen LogP contribution is -2.44. The Morgan fingerprint density at radius 1 is 1.07 bits per heavy atom. The van der Waals surface area contributed by atoms with Crippen molar-refractivity contribution in [3.63, 3.8) is 0 Å². The minimum absolute atomic E-state index is 0.00508. The highest BCUT2D eigenvalue weighted by molar-refractivity contribution is 7.89. The van der Waals surface area contributed by atoms with Gasteiger partial charge in [0.25, 0.3) is 5.91 Å². The molecular formula is C20H24ClN3O3S. The van der Waals surface area contributed by atoms with Gasteiger partial charge in [-0.25, -0.2) is 8.42 Å². The molecule has 0 saturated carbocycles. The zero-order chi connectivity index (χ0) is 20.3. The first-order chi connectivity index (χ1) is 13.3. The third-order valence-corrected chi connectivity index (χ3v) is 7.27. The van der Waals surface area contributed by atoms with E-state index in [0.717, 1.165) is 25.9 Å². The largest absolute Gasteiger partial charge is 0.322 e. The van der Waals surface area contributed by atoms with Crippen LogP contribution in [0.5, 0.6) is 0 Å². The maximum absolute atomic E-state index is 12.9. The number of carbonyl (C=O) groups excluding carboxylic acids is 1. The van der Waals surface area contributed by atoms with E-state index in [2.05, 4.69) is 10.2 Å². The fourth-order valence-corrected chi connectivity index (χ4v) is 4.78. The van der Waals surface area contributed by atoms with E-state index in [1.165, 1.54) is 16.4 Å². The highest BCUT2D eigenvalue weighted by Crippen LogP contribution is 2.23. The van der Waals surface area contributed by atoms with Crippen molar-refractivity contribution in [2.75, 3.05) is 32.5 Å². The van der Waals surface area contributed by atoms with Gasteiger partial charge in [0, 0.05) is 29.4 Å². The van der Waals surface area contributed by atoms with Crippen molar-refractivity contribution < 1.29 is 13.2 Å². The Morgan fingerprint density at radius 2 is 1.64 bits per heavy atom. The number of anilines is 1. The van der Waals surface area contributed by atoms with Gasteiger partial charge < -0.3 is 10.2 Å². The predicted molar refractivity (Wildman–Crippen MR) is 111 cm³/mol. The number of benzene rings is 2. The van der Waals surface area contributed by atoms with Crippen LogP contribution in [0.1, 0.15) is 23.2 Å². The number of rotatable bonds is 5. The molecule has 6 nitrogen and oxygen atoms in total. The maximum atomic E-state index is 12.9. The molecule has 2 aromatic carbocycles. The molecule has 0 aromatic heterocycles. The number of likely N-dealkylation sites (tertiary alicyclic amines) is 1. The molecule has 0 unspecified atom stereocenters. The SMILES string of the molecule is CN1CCC(N(C)S(=O)(=O)c2ccc(NC(=O)c3ccc(Cl)cc3)cc2)CC1. The van der Waals surface area contributed by atoms with E-state index in [-0.39, 0.29) is 16.8 Å². The number of hydrogen-bond acceptors (Lipinski definition) is 4. The Balaban J connectivity index is 1.69. The fraction of sp³-hybridized carbons (Fsp3) is 0.350. The monoisotopic (exact) mass is 421 g/mol. The number of carbonyl (C=O) groups is 1. The molecule has 8 heteroatoms. The average molecular weight is 422 g/mol. The second kappa shape index (κ2) is 8.61. The Labute approximate surface area is 171 Å². The molecule has 0 bridgehead atoms. The van der Waals surface area contributed by atoms with Crippen LogP contribution in [-0.4, -0.2) is 56.8 Å². The second-order valence-electron chi connectivity index (χ2n) is 7.04. The summed E-state index contributed by atoms with van der Waals surface area (Å²) in [7, 11) is 0.113. The fourth-order valence-electron chi connectivity index (χ4n) is 3.24. The van der Waals surface area contributed by atoms with Gasteiger partial charge in [-0.2, -0.15) is 4.31 Å².